The Labute approximate surface area is 186 Å². The van der Waals surface area contributed by atoms with Gasteiger partial charge in [-0.3, -0.25) is 14.4 Å². The van der Waals surface area contributed by atoms with Crippen molar-refractivity contribution in [2.24, 2.45) is 17.4 Å². The van der Waals surface area contributed by atoms with Crippen molar-refractivity contribution in [1.29, 1.82) is 0 Å². The van der Waals surface area contributed by atoms with Gasteiger partial charge in [0, 0.05) is 23.0 Å². The molecule has 1 heterocycles. The number of nitrogens with zero attached hydrogens (tertiary/aromatic N) is 1. The van der Waals surface area contributed by atoms with Crippen LogP contribution in [0.1, 0.15) is 28.8 Å². The summed E-state index contributed by atoms with van der Waals surface area (Å²) in [6.45, 7) is 2.73. The van der Waals surface area contributed by atoms with Crippen molar-refractivity contribution in [2.75, 3.05) is 30.7 Å². The lowest BCUT2D eigenvalue weighted by Gasteiger charge is -2.30. The van der Waals surface area contributed by atoms with E-state index in [9.17, 15) is 14.4 Å². The maximum atomic E-state index is 12.7. The molecule has 7 nitrogen and oxygen atoms in total. The average molecular weight is 441 g/mol. The SMILES string of the molecule is NC(=O)CSc1ccccc1C(=O)Nc1ccc(CCN2CCC(C(N)=O)CC2)cc1. The van der Waals surface area contributed by atoms with E-state index in [0.717, 1.165) is 43.8 Å². The standard InChI is InChI=1S/C23H28N4O3S/c24-21(28)15-31-20-4-2-1-3-19(20)23(30)26-18-7-5-16(6-8-18)9-12-27-13-10-17(11-14-27)22(25)29/h1-8,17H,9-15H2,(H2,24,28)(H2,25,29)(H,26,30). The normalized spacial score (nSPS) is 14.8. The quantitative estimate of drug-likeness (QED) is 0.517. The van der Waals surface area contributed by atoms with Gasteiger partial charge in [0.05, 0.1) is 11.3 Å². The van der Waals surface area contributed by atoms with E-state index in [-0.39, 0.29) is 23.5 Å². The van der Waals surface area contributed by atoms with Gasteiger partial charge in [0.1, 0.15) is 0 Å². The highest BCUT2D eigenvalue weighted by atomic mass is 32.2. The second-order valence-electron chi connectivity index (χ2n) is 7.67. The van der Waals surface area contributed by atoms with Gasteiger partial charge in [-0.05, 0) is 62.2 Å². The number of hydrogen-bond donors (Lipinski definition) is 3. The number of hydrogen-bond acceptors (Lipinski definition) is 5. The first-order chi connectivity index (χ1) is 14.9. The molecule has 0 saturated carbocycles. The summed E-state index contributed by atoms with van der Waals surface area (Å²) in [6.07, 6.45) is 2.57. The van der Waals surface area contributed by atoms with Crippen molar-refractivity contribution >= 4 is 35.2 Å². The molecule has 0 spiro atoms. The first kappa shape index (κ1) is 22.8. The number of nitrogens with two attached hydrogens (primary N) is 2. The number of carbonyl (C=O) groups is 3. The Morgan fingerprint density at radius 1 is 1.00 bits per heavy atom. The number of carbonyl (C=O) groups excluding carboxylic acids is 3. The Bertz CT molecular complexity index is 925. The average Bonchev–Trinajstić information content (AvgIpc) is 2.77. The molecule has 31 heavy (non-hydrogen) atoms. The summed E-state index contributed by atoms with van der Waals surface area (Å²) in [7, 11) is 0. The Morgan fingerprint density at radius 2 is 1.68 bits per heavy atom. The summed E-state index contributed by atoms with van der Waals surface area (Å²) >= 11 is 1.25. The molecule has 0 unspecified atom stereocenters. The Hall–Kier alpha value is -2.84. The number of anilines is 1. The zero-order valence-electron chi connectivity index (χ0n) is 17.4. The summed E-state index contributed by atoms with van der Waals surface area (Å²) < 4.78 is 0. The summed E-state index contributed by atoms with van der Waals surface area (Å²) in [5.74, 6) is -0.699. The molecule has 0 aliphatic carbocycles. The number of rotatable bonds is 9. The van der Waals surface area contributed by atoms with E-state index in [0.29, 0.717) is 11.3 Å². The van der Waals surface area contributed by atoms with Crippen LogP contribution >= 0.6 is 11.8 Å². The second kappa shape index (κ2) is 11.0. The maximum Gasteiger partial charge on any atom is 0.256 e. The van der Waals surface area contributed by atoms with Crippen molar-refractivity contribution in [1.82, 2.24) is 4.90 Å². The van der Waals surface area contributed by atoms with Gasteiger partial charge in [0.15, 0.2) is 0 Å². The zero-order valence-corrected chi connectivity index (χ0v) is 18.2. The third-order valence-corrected chi connectivity index (χ3v) is 6.52. The highest BCUT2D eigenvalue weighted by Gasteiger charge is 2.22. The molecule has 0 bridgehead atoms. The lowest BCUT2D eigenvalue weighted by atomic mass is 9.96. The number of likely N-dealkylation sites (tertiary alicyclic amines) is 1. The van der Waals surface area contributed by atoms with Gasteiger partial charge in [0.25, 0.3) is 5.91 Å². The van der Waals surface area contributed by atoms with E-state index in [2.05, 4.69) is 10.2 Å². The molecule has 5 N–H and O–H groups in total. The number of benzene rings is 2. The fourth-order valence-corrected chi connectivity index (χ4v) is 4.40. The predicted octanol–water partition coefficient (Wildman–Crippen LogP) is 2.26. The van der Waals surface area contributed by atoms with Crippen LogP contribution in [0.4, 0.5) is 5.69 Å². The number of amides is 3. The number of primary amides is 2. The van der Waals surface area contributed by atoms with E-state index in [1.165, 1.54) is 17.3 Å². The minimum absolute atomic E-state index is 0.0125. The molecule has 1 saturated heterocycles. The predicted molar refractivity (Wildman–Crippen MR) is 123 cm³/mol. The monoisotopic (exact) mass is 440 g/mol. The van der Waals surface area contributed by atoms with Gasteiger partial charge in [0.2, 0.25) is 11.8 Å². The van der Waals surface area contributed by atoms with Crippen LogP contribution in [-0.4, -0.2) is 48.0 Å². The van der Waals surface area contributed by atoms with Crippen molar-refractivity contribution in [3.63, 3.8) is 0 Å². The molecule has 1 aliphatic rings. The van der Waals surface area contributed by atoms with E-state index >= 15 is 0 Å². The lowest BCUT2D eigenvalue weighted by Crippen LogP contribution is -2.39. The highest BCUT2D eigenvalue weighted by molar-refractivity contribution is 8.00. The van der Waals surface area contributed by atoms with Crippen LogP contribution in [-0.2, 0) is 16.0 Å². The van der Waals surface area contributed by atoms with Gasteiger partial charge in [-0.1, -0.05) is 24.3 Å². The zero-order chi connectivity index (χ0) is 22.2. The van der Waals surface area contributed by atoms with E-state index in [1.807, 2.05) is 30.3 Å². The molecular weight excluding hydrogens is 412 g/mol. The maximum absolute atomic E-state index is 12.7. The van der Waals surface area contributed by atoms with Crippen LogP contribution in [0.5, 0.6) is 0 Å². The Morgan fingerprint density at radius 3 is 2.32 bits per heavy atom. The largest absolute Gasteiger partial charge is 0.369 e. The number of thioether (sulfide) groups is 1. The molecule has 3 amide bonds. The van der Waals surface area contributed by atoms with Gasteiger partial charge in [-0.15, -0.1) is 11.8 Å². The van der Waals surface area contributed by atoms with Gasteiger partial charge in [-0.2, -0.15) is 0 Å². The van der Waals surface area contributed by atoms with E-state index in [1.54, 1.807) is 18.2 Å². The molecule has 1 aliphatic heterocycles. The van der Waals surface area contributed by atoms with Crippen LogP contribution in [0.15, 0.2) is 53.4 Å². The molecule has 0 aromatic heterocycles. The molecule has 0 radical (unpaired) electrons. The third kappa shape index (κ3) is 6.83. The summed E-state index contributed by atoms with van der Waals surface area (Å²) in [5.41, 5.74) is 13.0. The molecule has 2 aromatic carbocycles. The van der Waals surface area contributed by atoms with Crippen molar-refractivity contribution < 1.29 is 14.4 Å². The van der Waals surface area contributed by atoms with Crippen LogP contribution in [0.25, 0.3) is 0 Å². The Kier molecular flexibility index (Phi) is 8.08. The smallest absolute Gasteiger partial charge is 0.256 e. The molecule has 8 heteroatoms. The van der Waals surface area contributed by atoms with Gasteiger partial charge < -0.3 is 21.7 Å². The molecule has 164 valence electrons. The van der Waals surface area contributed by atoms with Crippen LogP contribution in [0, 0.1) is 5.92 Å². The first-order valence-electron chi connectivity index (χ1n) is 10.3. The molecule has 2 aromatic rings. The molecular formula is C23H28N4O3S. The molecule has 1 fully saturated rings. The van der Waals surface area contributed by atoms with Crippen LogP contribution < -0.4 is 16.8 Å². The third-order valence-electron chi connectivity index (χ3n) is 5.42. The lowest BCUT2D eigenvalue weighted by molar-refractivity contribution is -0.123. The number of piperidine rings is 1. The first-order valence-corrected chi connectivity index (χ1v) is 11.3. The summed E-state index contributed by atoms with van der Waals surface area (Å²) in [6, 6.07) is 15.0. The minimum Gasteiger partial charge on any atom is -0.369 e. The fraction of sp³-hybridized carbons (Fsp3) is 0.348. The van der Waals surface area contributed by atoms with Crippen molar-refractivity contribution in [3.05, 3.63) is 59.7 Å². The number of nitrogens with one attached hydrogen (secondary N) is 1. The summed E-state index contributed by atoms with van der Waals surface area (Å²) in [4.78, 5) is 38.1. The van der Waals surface area contributed by atoms with E-state index < -0.39 is 5.91 Å². The highest BCUT2D eigenvalue weighted by Crippen LogP contribution is 2.23. The molecule has 0 atom stereocenters. The van der Waals surface area contributed by atoms with E-state index in [4.69, 9.17) is 11.5 Å². The minimum atomic E-state index is -0.423. The summed E-state index contributed by atoms with van der Waals surface area (Å²) in [5, 5.41) is 2.91. The van der Waals surface area contributed by atoms with Crippen molar-refractivity contribution in [2.45, 2.75) is 24.2 Å². The fourth-order valence-electron chi connectivity index (χ4n) is 3.61. The van der Waals surface area contributed by atoms with Crippen LogP contribution in [0.2, 0.25) is 0 Å². The van der Waals surface area contributed by atoms with Gasteiger partial charge in [-0.25, -0.2) is 0 Å². The van der Waals surface area contributed by atoms with Gasteiger partial charge >= 0.3 is 0 Å². The molecule has 3 rings (SSSR count). The van der Waals surface area contributed by atoms with Crippen molar-refractivity contribution in [3.8, 4) is 0 Å². The topological polar surface area (TPSA) is 119 Å². The second-order valence-corrected chi connectivity index (χ2v) is 8.69. The van der Waals surface area contributed by atoms with Crippen LogP contribution in [0.3, 0.4) is 0 Å². The Balaban J connectivity index is 1.51.